The lowest BCUT2D eigenvalue weighted by Gasteiger charge is -2.13. The van der Waals surface area contributed by atoms with Gasteiger partial charge in [-0.05, 0) is 57.5 Å². The molecule has 0 spiro atoms. The van der Waals surface area contributed by atoms with Crippen molar-refractivity contribution in [2.24, 2.45) is 5.14 Å². The van der Waals surface area contributed by atoms with Crippen molar-refractivity contribution in [1.82, 2.24) is 4.98 Å². The Hall–Kier alpha value is -2.98. The fraction of sp³-hybridized carbons (Fsp3) is 0.278. The monoisotopic (exact) mass is 407 g/mol. The third-order valence-electron chi connectivity index (χ3n) is 4.10. The predicted octanol–water partition coefficient (Wildman–Crippen LogP) is 1.67. The summed E-state index contributed by atoms with van der Waals surface area (Å²) in [6, 6.07) is 5.22. The first-order valence-corrected chi connectivity index (χ1v) is 9.81. The van der Waals surface area contributed by atoms with Crippen LogP contribution in [-0.4, -0.2) is 37.2 Å². The Morgan fingerprint density at radius 3 is 2.18 bits per heavy atom. The lowest BCUT2D eigenvalue weighted by molar-refractivity contribution is -0.123. The summed E-state index contributed by atoms with van der Waals surface area (Å²) in [7, 11) is -3.83. The highest BCUT2D eigenvalue weighted by Crippen LogP contribution is 2.20. The number of carbonyl (C=O) groups excluding carboxylic acids is 3. The number of ether oxygens (including phenoxy) is 1. The zero-order valence-electron chi connectivity index (χ0n) is 15.8. The minimum atomic E-state index is -3.83. The Kier molecular flexibility index (Phi) is 6.05. The quantitative estimate of drug-likeness (QED) is 0.490. The van der Waals surface area contributed by atoms with Gasteiger partial charge in [0.25, 0.3) is 5.91 Å². The highest BCUT2D eigenvalue weighted by molar-refractivity contribution is 7.89. The lowest BCUT2D eigenvalue weighted by atomic mass is 10.1. The van der Waals surface area contributed by atoms with Crippen molar-refractivity contribution < 1.29 is 27.5 Å². The van der Waals surface area contributed by atoms with E-state index in [1.54, 1.807) is 13.8 Å². The summed E-state index contributed by atoms with van der Waals surface area (Å²) in [6.07, 6.45) is -1.13. The number of benzene rings is 1. The van der Waals surface area contributed by atoms with E-state index in [1.807, 2.05) is 0 Å². The number of carbonyl (C=O) groups is 3. The normalized spacial score (nSPS) is 12.3. The number of sulfonamides is 1. The topological polar surface area (TPSA) is 148 Å². The number of esters is 1. The minimum absolute atomic E-state index is 0.0937. The van der Waals surface area contributed by atoms with Crippen molar-refractivity contribution in [3.63, 3.8) is 0 Å². The average molecular weight is 407 g/mol. The molecule has 1 aromatic heterocycles. The van der Waals surface area contributed by atoms with Crippen LogP contribution in [0.5, 0.6) is 0 Å². The summed E-state index contributed by atoms with van der Waals surface area (Å²) in [5, 5.41) is 7.52. The molecule has 0 aliphatic heterocycles. The molecule has 0 unspecified atom stereocenters. The largest absolute Gasteiger partial charge is 0.448 e. The van der Waals surface area contributed by atoms with Gasteiger partial charge in [0.2, 0.25) is 10.0 Å². The SMILES string of the molecule is CC(=O)c1c(C)[nH]c(C(=O)O[C@@H](C)C(=O)Nc2ccc(S(N)(=O)=O)cc2)c1C. The molecule has 0 radical (unpaired) electrons. The van der Waals surface area contributed by atoms with Gasteiger partial charge in [0.1, 0.15) is 5.69 Å². The number of aromatic amines is 1. The maximum Gasteiger partial charge on any atom is 0.355 e. The molecule has 28 heavy (non-hydrogen) atoms. The Balaban J connectivity index is 2.07. The van der Waals surface area contributed by atoms with Gasteiger partial charge in [0, 0.05) is 16.9 Å². The molecule has 2 aromatic rings. The Labute approximate surface area is 162 Å². The number of rotatable bonds is 6. The second-order valence-electron chi connectivity index (χ2n) is 6.29. The van der Waals surface area contributed by atoms with Gasteiger partial charge in [-0.25, -0.2) is 18.4 Å². The van der Waals surface area contributed by atoms with Crippen LogP contribution in [0.1, 0.15) is 46.0 Å². The van der Waals surface area contributed by atoms with Crippen molar-refractivity contribution in [2.45, 2.75) is 38.7 Å². The van der Waals surface area contributed by atoms with E-state index < -0.39 is 28.0 Å². The van der Waals surface area contributed by atoms with Crippen molar-refractivity contribution in [1.29, 1.82) is 0 Å². The molecule has 1 amide bonds. The zero-order chi connectivity index (χ0) is 21.2. The number of ketones is 1. The first-order chi connectivity index (χ1) is 12.9. The Morgan fingerprint density at radius 1 is 1.14 bits per heavy atom. The molecule has 0 saturated heterocycles. The van der Waals surface area contributed by atoms with Crippen LogP contribution in [0.2, 0.25) is 0 Å². The standard InChI is InChI=1S/C18H21N3O6S/c1-9-15(11(3)22)10(2)20-16(9)18(24)27-12(4)17(23)21-13-5-7-14(8-6-13)28(19,25)26/h5-8,12,20H,1-4H3,(H,21,23)(H2,19,25,26)/t12-/m0/s1. The highest BCUT2D eigenvalue weighted by atomic mass is 32.2. The molecule has 2 rings (SSSR count). The number of hydrogen-bond acceptors (Lipinski definition) is 6. The summed E-state index contributed by atoms with van der Waals surface area (Å²) in [4.78, 5) is 39.0. The number of aromatic nitrogens is 1. The summed E-state index contributed by atoms with van der Waals surface area (Å²) in [5.41, 5.74) is 1.84. The van der Waals surface area contributed by atoms with E-state index >= 15 is 0 Å². The molecule has 150 valence electrons. The number of aryl methyl sites for hydroxylation is 1. The maximum atomic E-state index is 12.4. The van der Waals surface area contributed by atoms with E-state index in [4.69, 9.17) is 9.88 Å². The number of hydrogen-bond donors (Lipinski definition) is 3. The second kappa shape index (κ2) is 7.95. The molecule has 10 heteroatoms. The van der Waals surface area contributed by atoms with E-state index in [2.05, 4.69) is 10.3 Å². The van der Waals surface area contributed by atoms with Crippen molar-refractivity contribution in [3.05, 3.63) is 46.8 Å². The van der Waals surface area contributed by atoms with Crippen LogP contribution in [0.15, 0.2) is 29.2 Å². The van der Waals surface area contributed by atoms with Gasteiger partial charge in [0.05, 0.1) is 4.90 Å². The van der Waals surface area contributed by atoms with Gasteiger partial charge in [0.15, 0.2) is 11.9 Å². The van der Waals surface area contributed by atoms with Gasteiger partial charge in [-0.3, -0.25) is 9.59 Å². The van der Waals surface area contributed by atoms with Gasteiger partial charge < -0.3 is 15.0 Å². The van der Waals surface area contributed by atoms with E-state index in [1.165, 1.54) is 38.1 Å². The number of nitrogens with one attached hydrogen (secondary N) is 2. The first-order valence-electron chi connectivity index (χ1n) is 8.26. The van der Waals surface area contributed by atoms with Gasteiger partial charge in [-0.2, -0.15) is 0 Å². The van der Waals surface area contributed by atoms with Crippen LogP contribution in [0.3, 0.4) is 0 Å². The summed E-state index contributed by atoms with van der Waals surface area (Å²) < 4.78 is 27.6. The number of H-pyrrole nitrogens is 1. The number of Topliss-reactive ketones (excluding diaryl/α,β-unsaturated/α-hetero) is 1. The zero-order valence-corrected chi connectivity index (χ0v) is 16.6. The molecular weight excluding hydrogens is 386 g/mol. The van der Waals surface area contributed by atoms with Crippen molar-refractivity contribution in [3.8, 4) is 0 Å². The third-order valence-corrected chi connectivity index (χ3v) is 5.03. The molecule has 1 heterocycles. The van der Waals surface area contributed by atoms with Crippen LogP contribution in [-0.2, 0) is 19.6 Å². The van der Waals surface area contributed by atoms with Crippen molar-refractivity contribution >= 4 is 33.4 Å². The molecule has 1 aromatic carbocycles. The lowest BCUT2D eigenvalue weighted by Crippen LogP contribution is -2.30. The van der Waals surface area contributed by atoms with E-state index in [0.717, 1.165) is 0 Å². The van der Waals surface area contributed by atoms with Crippen LogP contribution in [0, 0.1) is 13.8 Å². The molecule has 4 N–H and O–H groups in total. The highest BCUT2D eigenvalue weighted by Gasteiger charge is 2.24. The molecule has 0 bridgehead atoms. The smallest absolute Gasteiger partial charge is 0.355 e. The molecule has 0 fully saturated rings. The summed E-state index contributed by atoms with van der Waals surface area (Å²) >= 11 is 0. The molecule has 9 nitrogen and oxygen atoms in total. The van der Waals surface area contributed by atoms with E-state index in [0.29, 0.717) is 22.5 Å². The van der Waals surface area contributed by atoms with Crippen LogP contribution in [0.4, 0.5) is 5.69 Å². The van der Waals surface area contributed by atoms with Gasteiger partial charge >= 0.3 is 5.97 Å². The Bertz CT molecular complexity index is 1040. The second-order valence-corrected chi connectivity index (χ2v) is 7.85. The fourth-order valence-electron chi connectivity index (χ4n) is 2.73. The summed E-state index contributed by atoms with van der Waals surface area (Å²) in [5.74, 6) is -1.55. The first kappa shape index (κ1) is 21.3. The number of primary sulfonamides is 1. The molecule has 0 saturated carbocycles. The average Bonchev–Trinajstić information content (AvgIpc) is 2.89. The fourth-order valence-corrected chi connectivity index (χ4v) is 3.24. The van der Waals surface area contributed by atoms with Crippen LogP contribution < -0.4 is 10.5 Å². The molecular formula is C18H21N3O6S. The molecule has 1 atom stereocenters. The maximum absolute atomic E-state index is 12.4. The van der Waals surface area contributed by atoms with E-state index in [9.17, 15) is 22.8 Å². The predicted molar refractivity (Wildman–Crippen MR) is 102 cm³/mol. The third kappa shape index (κ3) is 4.65. The van der Waals surface area contributed by atoms with Crippen LogP contribution in [0.25, 0.3) is 0 Å². The van der Waals surface area contributed by atoms with E-state index in [-0.39, 0.29) is 16.4 Å². The van der Waals surface area contributed by atoms with Gasteiger partial charge in [-0.15, -0.1) is 0 Å². The van der Waals surface area contributed by atoms with Crippen molar-refractivity contribution in [2.75, 3.05) is 5.32 Å². The molecule has 0 aliphatic carbocycles. The van der Waals surface area contributed by atoms with Gasteiger partial charge in [-0.1, -0.05) is 0 Å². The van der Waals surface area contributed by atoms with Crippen LogP contribution >= 0.6 is 0 Å². The summed E-state index contributed by atoms with van der Waals surface area (Å²) in [6.45, 7) is 6.08. The molecule has 0 aliphatic rings. The number of nitrogens with two attached hydrogens (primary N) is 1. The minimum Gasteiger partial charge on any atom is -0.448 e. The number of anilines is 1. The number of amides is 1. The Morgan fingerprint density at radius 2 is 1.71 bits per heavy atom.